The number of hydrogen-bond acceptors (Lipinski definition) is 1. The SMILES string of the molecule is CC(C)(C)C(C)(O)Cc1cccc(F)c1Cl. The Bertz CT molecular complexity index is 380. The van der Waals surface area contributed by atoms with Crippen molar-refractivity contribution in [2.75, 3.05) is 0 Å². The zero-order chi connectivity index (χ0) is 12.6. The Morgan fingerprint density at radius 2 is 1.81 bits per heavy atom. The zero-order valence-electron chi connectivity index (χ0n) is 10.1. The second kappa shape index (κ2) is 4.34. The third-order valence-electron chi connectivity index (χ3n) is 3.18. The molecule has 3 heteroatoms. The molecule has 0 radical (unpaired) electrons. The van der Waals surface area contributed by atoms with Crippen LogP contribution in [0, 0.1) is 11.2 Å². The Labute approximate surface area is 101 Å². The molecule has 0 amide bonds. The minimum atomic E-state index is -0.926. The monoisotopic (exact) mass is 244 g/mol. The topological polar surface area (TPSA) is 20.2 Å². The number of aliphatic hydroxyl groups is 1. The van der Waals surface area contributed by atoms with E-state index in [0.717, 1.165) is 0 Å². The van der Waals surface area contributed by atoms with Crippen LogP contribution in [0.3, 0.4) is 0 Å². The zero-order valence-corrected chi connectivity index (χ0v) is 10.9. The van der Waals surface area contributed by atoms with Crippen LogP contribution in [-0.2, 0) is 6.42 Å². The van der Waals surface area contributed by atoms with Crippen LogP contribution in [0.4, 0.5) is 4.39 Å². The molecule has 0 saturated carbocycles. The lowest BCUT2D eigenvalue weighted by Crippen LogP contribution is -2.41. The molecule has 0 bridgehead atoms. The molecule has 0 aliphatic carbocycles. The van der Waals surface area contributed by atoms with Gasteiger partial charge in [-0.25, -0.2) is 4.39 Å². The Morgan fingerprint density at radius 3 is 2.31 bits per heavy atom. The molecule has 0 aliphatic rings. The van der Waals surface area contributed by atoms with Crippen molar-refractivity contribution >= 4 is 11.6 Å². The number of hydrogen-bond donors (Lipinski definition) is 1. The van der Waals surface area contributed by atoms with Gasteiger partial charge in [-0.2, -0.15) is 0 Å². The van der Waals surface area contributed by atoms with Gasteiger partial charge in [-0.1, -0.05) is 44.5 Å². The van der Waals surface area contributed by atoms with E-state index in [-0.39, 0.29) is 10.4 Å². The van der Waals surface area contributed by atoms with Crippen molar-refractivity contribution in [2.24, 2.45) is 5.41 Å². The fraction of sp³-hybridized carbons (Fsp3) is 0.538. The van der Waals surface area contributed by atoms with Gasteiger partial charge in [-0.3, -0.25) is 0 Å². The van der Waals surface area contributed by atoms with Gasteiger partial charge in [0.15, 0.2) is 0 Å². The first-order chi connectivity index (χ1) is 7.15. The molecule has 1 rings (SSSR count). The van der Waals surface area contributed by atoms with Crippen molar-refractivity contribution in [3.8, 4) is 0 Å². The van der Waals surface area contributed by atoms with E-state index in [1.165, 1.54) is 6.07 Å². The summed E-state index contributed by atoms with van der Waals surface area (Å²) in [5.74, 6) is -0.441. The van der Waals surface area contributed by atoms with E-state index >= 15 is 0 Å². The van der Waals surface area contributed by atoms with Gasteiger partial charge < -0.3 is 5.11 Å². The molecule has 0 aliphatic heterocycles. The summed E-state index contributed by atoms with van der Waals surface area (Å²) in [6, 6.07) is 4.67. The molecule has 90 valence electrons. The highest BCUT2D eigenvalue weighted by atomic mass is 35.5. The first-order valence-electron chi connectivity index (χ1n) is 5.30. The van der Waals surface area contributed by atoms with Gasteiger partial charge in [0.2, 0.25) is 0 Å². The van der Waals surface area contributed by atoms with Crippen molar-refractivity contribution < 1.29 is 9.50 Å². The van der Waals surface area contributed by atoms with Crippen molar-refractivity contribution in [2.45, 2.75) is 39.7 Å². The molecular weight excluding hydrogens is 227 g/mol. The Hall–Kier alpha value is -0.600. The quantitative estimate of drug-likeness (QED) is 0.839. The number of halogens is 2. The highest BCUT2D eigenvalue weighted by Crippen LogP contribution is 2.34. The number of rotatable bonds is 2. The first-order valence-corrected chi connectivity index (χ1v) is 5.68. The lowest BCUT2D eigenvalue weighted by Gasteiger charge is -2.37. The van der Waals surface area contributed by atoms with Crippen LogP contribution in [0.25, 0.3) is 0 Å². The maximum absolute atomic E-state index is 13.2. The molecule has 0 heterocycles. The Balaban J connectivity index is 3.02. The molecule has 1 N–H and O–H groups in total. The average Bonchev–Trinajstić information content (AvgIpc) is 2.11. The second-order valence-corrected chi connectivity index (χ2v) is 5.79. The maximum Gasteiger partial charge on any atom is 0.142 e. The molecule has 1 nitrogen and oxygen atoms in total. The van der Waals surface area contributed by atoms with Gasteiger partial charge in [0.25, 0.3) is 0 Å². The minimum absolute atomic E-state index is 0.104. The van der Waals surface area contributed by atoms with Gasteiger partial charge >= 0.3 is 0 Å². The lowest BCUT2D eigenvalue weighted by molar-refractivity contribution is -0.0405. The summed E-state index contributed by atoms with van der Waals surface area (Å²) in [7, 11) is 0. The molecule has 0 saturated heterocycles. The molecule has 1 aromatic rings. The fourth-order valence-corrected chi connectivity index (χ4v) is 1.51. The van der Waals surface area contributed by atoms with E-state index in [9.17, 15) is 9.50 Å². The van der Waals surface area contributed by atoms with Gasteiger partial charge in [0.05, 0.1) is 10.6 Å². The van der Waals surface area contributed by atoms with Gasteiger partial charge in [-0.05, 0) is 24.0 Å². The van der Waals surface area contributed by atoms with Crippen LogP contribution in [0.15, 0.2) is 18.2 Å². The first kappa shape index (κ1) is 13.5. The lowest BCUT2D eigenvalue weighted by atomic mass is 9.74. The van der Waals surface area contributed by atoms with E-state index in [4.69, 9.17) is 11.6 Å². The van der Waals surface area contributed by atoms with Crippen LogP contribution < -0.4 is 0 Å². The van der Waals surface area contributed by atoms with E-state index in [2.05, 4.69) is 0 Å². The summed E-state index contributed by atoms with van der Waals surface area (Å²) >= 11 is 5.86. The van der Waals surface area contributed by atoms with Crippen LogP contribution in [0.1, 0.15) is 33.3 Å². The van der Waals surface area contributed by atoms with Crippen molar-refractivity contribution in [1.29, 1.82) is 0 Å². The Morgan fingerprint density at radius 1 is 1.25 bits per heavy atom. The summed E-state index contributed by atoms with van der Waals surface area (Å²) < 4.78 is 13.2. The molecule has 1 unspecified atom stereocenters. The number of benzene rings is 1. The standard InChI is InChI=1S/C13H18ClFO/c1-12(2,3)13(4,16)8-9-6-5-7-10(15)11(9)14/h5-7,16H,8H2,1-4H3. The molecule has 1 atom stereocenters. The van der Waals surface area contributed by atoms with Crippen LogP contribution >= 0.6 is 11.6 Å². The van der Waals surface area contributed by atoms with E-state index in [1.54, 1.807) is 19.1 Å². The predicted octanol–water partition coefficient (Wildman–Crippen LogP) is 3.82. The minimum Gasteiger partial charge on any atom is -0.389 e. The molecule has 0 fully saturated rings. The third kappa shape index (κ3) is 2.74. The van der Waals surface area contributed by atoms with E-state index in [1.807, 2.05) is 20.8 Å². The summed E-state index contributed by atoms with van der Waals surface area (Å²) in [5.41, 5.74) is -0.575. The predicted molar refractivity (Wildman–Crippen MR) is 65.2 cm³/mol. The van der Waals surface area contributed by atoms with Crippen LogP contribution in [-0.4, -0.2) is 10.7 Å². The maximum atomic E-state index is 13.2. The molecule has 0 spiro atoms. The van der Waals surface area contributed by atoms with E-state index in [0.29, 0.717) is 12.0 Å². The Kier molecular flexibility index (Phi) is 3.65. The van der Waals surface area contributed by atoms with Gasteiger partial charge in [-0.15, -0.1) is 0 Å². The normalized spacial score (nSPS) is 15.9. The fourth-order valence-electron chi connectivity index (χ4n) is 1.32. The molecule has 0 aromatic heterocycles. The van der Waals surface area contributed by atoms with E-state index < -0.39 is 11.4 Å². The van der Waals surface area contributed by atoms with Crippen molar-refractivity contribution in [1.82, 2.24) is 0 Å². The van der Waals surface area contributed by atoms with Crippen molar-refractivity contribution in [3.63, 3.8) is 0 Å². The third-order valence-corrected chi connectivity index (χ3v) is 3.61. The average molecular weight is 245 g/mol. The molecular formula is C13H18ClFO. The highest BCUT2D eigenvalue weighted by Gasteiger charge is 2.35. The summed E-state index contributed by atoms with van der Waals surface area (Å²) in [6.45, 7) is 7.58. The summed E-state index contributed by atoms with van der Waals surface area (Å²) in [4.78, 5) is 0. The van der Waals surface area contributed by atoms with Crippen LogP contribution in [0.2, 0.25) is 5.02 Å². The molecule has 1 aromatic carbocycles. The largest absolute Gasteiger partial charge is 0.389 e. The van der Waals surface area contributed by atoms with Gasteiger partial charge in [0.1, 0.15) is 5.82 Å². The second-order valence-electron chi connectivity index (χ2n) is 5.41. The summed E-state index contributed by atoms with van der Waals surface area (Å²) in [5, 5.41) is 10.4. The summed E-state index contributed by atoms with van der Waals surface area (Å²) in [6.07, 6.45) is 0.340. The molecule has 16 heavy (non-hydrogen) atoms. The van der Waals surface area contributed by atoms with Gasteiger partial charge in [0, 0.05) is 6.42 Å². The van der Waals surface area contributed by atoms with Crippen LogP contribution in [0.5, 0.6) is 0 Å². The highest BCUT2D eigenvalue weighted by molar-refractivity contribution is 6.31. The van der Waals surface area contributed by atoms with Crippen molar-refractivity contribution in [3.05, 3.63) is 34.6 Å². The smallest absolute Gasteiger partial charge is 0.142 e.